The van der Waals surface area contributed by atoms with Crippen LogP contribution in [0.1, 0.15) is 78.4 Å². The molecule has 0 saturated carbocycles. The van der Waals surface area contributed by atoms with Gasteiger partial charge in [-0.2, -0.15) is 0 Å². The van der Waals surface area contributed by atoms with Gasteiger partial charge < -0.3 is 19.0 Å². The first kappa shape index (κ1) is 42.9. The molecule has 7 aromatic rings. The van der Waals surface area contributed by atoms with E-state index in [1.807, 2.05) is 12.1 Å². The lowest BCUT2D eigenvalue weighted by molar-refractivity contribution is 0.275. The number of rotatable bonds is 8. The molecule has 0 amide bonds. The standard InChI is InChI=1S/C56H55N4O3P/c1-31-24-34(4)50(35(5)25-31)54-44-18-16-42(57-44)53(41-14-12-40(13-15-41)30-64(61,62-10)63-11)43-17-19-45(58-43)55(51-36(6)26-32(2)27-37(51)7)47-21-23-49(60-47)56(48-22-20-46(54)59-48)52-38(8)28-33(3)29-39(52)9/h12-29,57,60H,30H2,1-11H3. The zero-order valence-electron chi connectivity index (χ0n) is 38.7. The molecule has 0 radical (unpaired) electrons. The van der Waals surface area contributed by atoms with Gasteiger partial charge in [0, 0.05) is 58.5 Å². The predicted molar refractivity (Wildman–Crippen MR) is 269 cm³/mol. The van der Waals surface area contributed by atoms with Gasteiger partial charge in [-0.15, -0.1) is 0 Å². The SMILES string of the molecule is COP(=O)(Cc1ccc(-c2c3nc(c(-c4c(C)cc(C)cc4C)c4ccc([nH]4)c(-c4c(C)cc(C)cc4C)c4nc(c(-c5c(C)cc(C)cc5C)c5ccc2[nH]5)C=C4)C=C3)cc1)OC. The molecule has 2 N–H and O–H groups in total. The molecule has 8 heteroatoms. The second-order valence-corrected chi connectivity index (χ2v) is 19.9. The minimum Gasteiger partial charge on any atom is -0.354 e. The van der Waals surface area contributed by atoms with Crippen molar-refractivity contribution in [3.63, 3.8) is 0 Å². The Hall–Kier alpha value is -6.37. The van der Waals surface area contributed by atoms with Crippen LogP contribution < -0.4 is 0 Å². The average molecular weight is 863 g/mol. The van der Waals surface area contributed by atoms with Crippen molar-refractivity contribution in [2.24, 2.45) is 0 Å². The molecule has 2 aliphatic heterocycles. The summed E-state index contributed by atoms with van der Waals surface area (Å²) in [6, 6.07) is 30.4. The van der Waals surface area contributed by atoms with Crippen LogP contribution in [0.5, 0.6) is 0 Å². The predicted octanol–water partition coefficient (Wildman–Crippen LogP) is 15.1. The third kappa shape index (κ3) is 7.72. The molecule has 64 heavy (non-hydrogen) atoms. The fourth-order valence-electron chi connectivity index (χ4n) is 10.2. The molecule has 3 aromatic heterocycles. The second-order valence-electron chi connectivity index (χ2n) is 17.7. The number of benzene rings is 4. The Morgan fingerprint density at radius 2 is 0.719 bits per heavy atom. The normalized spacial score (nSPS) is 12.4. The van der Waals surface area contributed by atoms with E-state index < -0.39 is 7.60 Å². The summed E-state index contributed by atoms with van der Waals surface area (Å²) in [5.41, 5.74) is 27.4. The van der Waals surface area contributed by atoms with Crippen molar-refractivity contribution in [2.45, 2.75) is 68.5 Å². The third-order valence-corrected chi connectivity index (χ3v) is 14.6. The van der Waals surface area contributed by atoms with Crippen molar-refractivity contribution < 1.29 is 13.6 Å². The molecule has 0 aliphatic carbocycles. The monoisotopic (exact) mass is 862 g/mol. The summed E-state index contributed by atoms with van der Waals surface area (Å²) in [7, 11) is -0.425. The van der Waals surface area contributed by atoms with E-state index in [9.17, 15) is 4.57 Å². The van der Waals surface area contributed by atoms with Crippen LogP contribution >= 0.6 is 7.60 Å². The molecule has 9 rings (SSSR count). The maximum atomic E-state index is 13.2. The molecule has 4 aromatic carbocycles. The van der Waals surface area contributed by atoms with Gasteiger partial charge >= 0.3 is 7.60 Å². The fraction of sp³-hybridized carbons (Fsp3) is 0.214. The van der Waals surface area contributed by atoms with Crippen LogP contribution in [0.2, 0.25) is 0 Å². The first-order valence-corrected chi connectivity index (χ1v) is 23.6. The molecule has 2 aliphatic rings. The van der Waals surface area contributed by atoms with E-state index in [0.717, 1.165) is 89.4 Å². The van der Waals surface area contributed by atoms with Crippen molar-refractivity contribution in [1.82, 2.24) is 19.9 Å². The van der Waals surface area contributed by atoms with Gasteiger partial charge in [-0.05, 0) is 172 Å². The summed E-state index contributed by atoms with van der Waals surface area (Å²) in [6.07, 6.45) is 8.79. The van der Waals surface area contributed by atoms with E-state index in [0.29, 0.717) is 0 Å². The van der Waals surface area contributed by atoms with E-state index in [-0.39, 0.29) is 6.16 Å². The van der Waals surface area contributed by atoms with Crippen molar-refractivity contribution >= 4 is 54.0 Å². The lowest BCUT2D eigenvalue weighted by atomic mass is 9.92. The zero-order chi connectivity index (χ0) is 45.2. The van der Waals surface area contributed by atoms with Crippen molar-refractivity contribution in [2.75, 3.05) is 14.2 Å². The highest BCUT2D eigenvalue weighted by Crippen LogP contribution is 2.50. The van der Waals surface area contributed by atoms with Gasteiger partial charge in [-0.25, -0.2) is 9.97 Å². The van der Waals surface area contributed by atoms with Crippen molar-refractivity contribution in [3.05, 3.63) is 163 Å². The molecule has 7 nitrogen and oxygen atoms in total. The van der Waals surface area contributed by atoms with Crippen LogP contribution in [0.4, 0.5) is 0 Å². The largest absolute Gasteiger partial charge is 0.354 e. The topological polar surface area (TPSA) is 92.9 Å². The Morgan fingerprint density at radius 3 is 1.03 bits per heavy atom. The number of aryl methyl sites for hydroxylation is 9. The molecule has 322 valence electrons. The first-order chi connectivity index (χ1) is 30.6. The van der Waals surface area contributed by atoms with Gasteiger partial charge in [0.25, 0.3) is 0 Å². The highest BCUT2D eigenvalue weighted by molar-refractivity contribution is 7.52. The number of fused-ring (bicyclic) bond motifs is 8. The minimum absolute atomic E-state index is 0.164. The maximum absolute atomic E-state index is 13.2. The Kier molecular flexibility index (Phi) is 11.2. The first-order valence-electron chi connectivity index (χ1n) is 21.9. The van der Waals surface area contributed by atoms with Gasteiger partial charge in [-0.1, -0.05) is 77.4 Å². The Morgan fingerprint density at radius 1 is 0.422 bits per heavy atom. The smallest absolute Gasteiger partial charge is 0.334 e. The van der Waals surface area contributed by atoms with Gasteiger partial charge in [-0.3, -0.25) is 4.57 Å². The van der Waals surface area contributed by atoms with Crippen LogP contribution in [0.25, 0.3) is 90.9 Å². The number of nitrogens with one attached hydrogen (secondary N) is 2. The molecular formula is C56H55N4O3P. The Bertz CT molecular complexity index is 3210. The molecule has 0 saturated heterocycles. The lowest BCUT2D eigenvalue weighted by Gasteiger charge is -2.14. The molecule has 0 unspecified atom stereocenters. The number of nitrogens with zero attached hydrogens (tertiary/aromatic N) is 2. The van der Waals surface area contributed by atoms with Gasteiger partial charge in [0.05, 0.1) is 28.9 Å². The zero-order valence-corrected chi connectivity index (χ0v) is 39.6. The summed E-state index contributed by atoms with van der Waals surface area (Å²) in [5, 5.41) is 0. The van der Waals surface area contributed by atoms with Crippen LogP contribution in [0.3, 0.4) is 0 Å². The van der Waals surface area contributed by atoms with Crippen LogP contribution in [-0.4, -0.2) is 34.2 Å². The summed E-state index contributed by atoms with van der Waals surface area (Å²) < 4.78 is 23.7. The van der Waals surface area contributed by atoms with Gasteiger partial charge in [0.15, 0.2) is 0 Å². The molecule has 0 atom stereocenters. The molecule has 0 fully saturated rings. The minimum atomic E-state index is -3.27. The highest BCUT2D eigenvalue weighted by Gasteiger charge is 2.24. The number of hydrogen-bond acceptors (Lipinski definition) is 5. The highest BCUT2D eigenvalue weighted by atomic mass is 31.2. The second kappa shape index (κ2) is 16.6. The lowest BCUT2D eigenvalue weighted by Crippen LogP contribution is -1.96. The Labute approximate surface area is 376 Å². The van der Waals surface area contributed by atoms with E-state index >= 15 is 0 Å². The van der Waals surface area contributed by atoms with E-state index in [1.165, 1.54) is 69.9 Å². The van der Waals surface area contributed by atoms with Gasteiger partial charge in [0.1, 0.15) is 0 Å². The maximum Gasteiger partial charge on any atom is 0.334 e. The third-order valence-electron chi connectivity index (χ3n) is 12.7. The number of aromatic nitrogens is 4. The van der Waals surface area contributed by atoms with E-state index in [2.05, 4.69) is 169 Å². The van der Waals surface area contributed by atoms with Crippen LogP contribution in [-0.2, 0) is 19.8 Å². The molecule has 8 bridgehead atoms. The van der Waals surface area contributed by atoms with E-state index in [4.69, 9.17) is 19.0 Å². The molecule has 0 spiro atoms. The van der Waals surface area contributed by atoms with Gasteiger partial charge in [0.2, 0.25) is 0 Å². The fourth-order valence-corrected chi connectivity index (χ4v) is 11.3. The molecule has 5 heterocycles. The number of H-pyrrole nitrogens is 2. The van der Waals surface area contributed by atoms with Crippen LogP contribution in [0.15, 0.2) is 84.9 Å². The number of hydrogen-bond donors (Lipinski definition) is 2. The number of aromatic amines is 2. The van der Waals surface area contributed by atoms with Crippen molar-refractivity contribution in [3.8, 4) is 44.5 Å². The quantitative estimate of drug-likeness (QED) is 0.148. The summed E-state index contributed by atoms with van der Waals surface area (Å²) in [5.74, 6) is 0. The summed E-state index contributed by atoms with van der Waals surface area (Å²) in [6.45, 7) is 19.6. The van der Waals surface area contributed by atoms with Crippen LogP contribution in [0, 0.1) is 62.3 Å². The summed E-state index contributed by atoms with van der Waals surface area (Å²) in [4.78, 5) is 19.0. The van der Waals surface area contributed by atoms with E-state index in [1.54, 1.807) is 0 Å². The average Bonchev–Trinajstić information content (AvgIpc) is 4.09. The Balaban J connectivity index is 1.47. The van der Waals surface area contributed by atoms with Crippen molar-refractivity contribution in [1.29, 1.82) is 0 Å². The summed E-state index contributed by atoms with van der Waals surface area (Å²) >= 11 is 0. The molecular weight excluding hydrogens is 808 g/mol.